The largest absolute Gasteiger partial charge is 0.168 e. The van der Waals surface area contributed by atoms with Crippen LogP contribution in [-0.4, -0.2) is 0 Å². The molecule has 1 atom stereocenters. The number of fused-ring (bicyclic) bond motifs is 3. The zero-order chi connectivity index (χ0) is 23.5. The van der Waals surface area contributed by atoms with Crippen LogP contribution in [-0.2, 0) is 30.5 Å². The molecular formula is C32H25Cl2Zr-. The topological polar surface area (TPSA) is 0 Å². The van der Waals surface area contributed by atoms with Gasteiger partial charge in [-0.3, -0.25) is 0 Å². The SMILES string of the molecule is CC1=CC(c2cccc3c2[cH-]c2ccccc23)C=C1.ClC(Cl)(c1ccccc1)c1ccccc1.[Zr]. The number of rotatable bonds is 3. The molecule has 1 unspecified atom stereocenters. The molecule has 35 heavy (non-hydrogen) atoms. The third-order valence-electron chi connectivity index (χ3n) is 6.33. The summed E-state index contributed by atoms with van der Waals surface area (Å²) in [6.45, 7) is 2.16. The van der Waals surface area contributed by atoms with E-state index in [2.05, 4.69) is 73.7 Å². The van der Waals surface area contributed by atoms with Gasteiger partial charge in [0.15, 0.2) is 4.33 Å². The van der Waals surface area contributed by atoms with Crippen LogP contribution in [0.3, 0.4) is 0 Å². The summed E-state index contributed by atoms with van der Waals surface area (Å²) in [5, 5.41) is 5.47. The summed E-state index contributed by atoms with van der Waals surface area (Å²) < 4.78 is -0.970. The van der Waals surface area contributed by atoms with E-state index in [4.69, 9.17) is 23.2 Å². The second kappa shape index (κ2) is 11.2. The predicted octanol–water partition coefficient (Wildman–Crippen LogP) is 9.67. The van der Waals surface area contributed by atoms with Crippen molar-refractivity contribution in [2.24, 2.45) is 0 Å². The van der Waals surface area contributed by atoms with Crippen LogP contribution in [0.1, 0.15) is 29.5 Å². The van der Waals surface area contributed by atoms with Gasteiger partial charge in [-0.05, 0) is 24.0 Å². The summed E-state index contributed by atoms with van der Waals surface area (Å²) in [5.41, 5.74) is 4.55. The number of allylic oxidation sites excluding steroid dienone is 4. The molecule has 0 radical (unpaired) electrons. The van der Waals surface area contributed by atoms with Gasteiger partial charge in [0.2, 0.25) is 0 Å². The van der Waals surface area contributed by atoms with E-state index in [0.29, 0.717) is 5.92 Å². The van der Waals surface area contributed by atoms with Gasteiger partial charge < -0.3 is 0 Å². The molecular weight excluding hydrogens is 546 g/mol. The molecule has 172 valence electrons. The first-order chi connectivity index (χ1) is 16.5. The van der Waals surface area contributed by atoms with Crippen molar-refractivity contribution in [3.8, 4) is 0 Å². The number of benzene rings is 4. The minimum atomic E-state index is -0.970. The summed E-state index contributed by atoms with van der Waals surface area (Å²) >= 11 is 12.7. The molecule has 0 spiro atoms. The van der Waals surface area contributed by atoms with E-state index in [9.17, 15) is 0 Å². The monoisotopic (exact) mass is 569 g/mol. The molecule has 0 saturated heterocycles. The van der Waals surface area contributed by atoms with E-state index in [-0.39, 0.29) is 26.2 Å². The normalized spacial score (nSPS) is 14.8. The average Bonchev–Trinajstić information content (AvgIpc) is 3.49. The maximum absolute atomic E-state index is 6.35. The maximum atomic E-state index is 6.35. The first-order valence-electron chi connectivity index (χ1n) is 11.5. The van der Waals surface area contributed by atoms with Crippen LogP contribution in [0.5, 0.6) is 0 Å². The quantitative estimate of drug-likeness (QED) is 0.149. The van der Waals surface area contributed by atoms with Gasteiger partial charge in [0.25, 0.3) is 0 Å². The fraction of sp³-hybridized carbons (Fsp3) is 0.0938. The Hall–Kier alpha value is -2.31. The Morgan fingerprint density at radius 3 is 1.86 bits per heavy atom. The fourth-order valence-electron chi connectivity index (χ4n) is 4.60. The molecule has 0 bridgehead atoms. The molecule has 5 aromatic rings. The Kier molecular flexibility index (Phi) is 8.23. The Balaban J connectivity index is 0.000000165. The number of alkyl halides is 2. The summed E-state index contributed by atoms with van der Waals surface area (Å²) in [4.78, 5) is 0. The van der Waals surface area contributed by atoms with E-state index in [1.807, 2.05) is 60.7 Å². The molecule has 5 aromatic carbocycles. The number of hydrogen-bond donors (Lipinski definition) is 0. The van der Waals surface area contributed by atoms with E-state index in [0.717, 1.165) is 11.1 Å². The Labute approximate surface area is 236 Å². The number of hydrogen-bond acceptors (Lipinski definition) is 0. The molecule has 1 aliphatic carbocycles. The Morgan fingerprint density at radius 2 is 1.26 bits per heavy atom. The van der Waals surface area contributed by atoms with Crippen molar-refractivity contribution in [3.05, 3.63) is 150 Å². The number of halogens is 2. The Morgan fingerprint density at radius 1 is 0.686 bits per heavy atom. The minimum Gasteiger partial charge on any atom is -0.126 e. The van der Waals surface area contributed by atoms with Crippen molar-refractivity contribution in [3.63, 3.8) is 0 Å². The molecule has 0 aromatic heterocycles. The summed E-state index contributed by atoms with van der Waals surface area (Å²) in [6, 6.07) is 36.9. The van der Waals surface area contributed by atoms with E-state index >= 15 is 0 Å². The van der Waals surface area contributed by atoms with Crippen LogP contribution in [0.4, 0.5) is 0 Å². The molecule has 0 N–H and O–H groups in total. The summed E-state index contributed by atoms with van der Waals surface area (Å²) in [6.07, 6.45) is 6.85. The fourth-order valence-corrected chi connectivity index (χ4v) is 5.10. The predicted molar refractivity (Wildman–Crippen MR) is 148 cm³/mol. The molecule has 0 aliphatic heterocycles. The molecule has 0 fully saturated rings. The average molecular weight is 572 g/mol. The van der Waals surface area contributed by atoms with Crippen LogP contribution in [0.15, 0.2) is 133 Å². The molecule has 0 amide bonds. The summed E-state index contributed by atoms with van der Waals surface area (Å²) in [7, 11) is 0. The molecule has 6 rings (SSSR count). The molecule has 0 saturated carbocycles. The van der Waals surface area contributed by atoms with Crippen LogP contribution < -0.4 is 0 Å². The van der Waals surface area contributed by atoms with Gasteiger partial charge in [0, 0.05) is 26.2 Å². The van der Waals surface area contributed by atoms with Crippen LogP contribution in [0.2, 0.25) is 0 Å². The summed E-state index contributed by atoms with van der Waals surface area (Å²) in [5.74, 6) is 0.431. The zero-order valence-corrected chi connectivity index (χ0v) is 23.4. The third kappa shape index (κ3) is 5.44. The van der Waals surface area contributed by atoms with Gasteiger partial charge in [-0.25, -0.2) is 0 Å². The van der Waals surface area contributed by atoms with Crippen molar-refractivity contribution in [1.82, 2.24) is 0 Å². The van der Waals surface area contributed by atoms with E-state index in [1.54, 1.807) is 0 Å². The third-order valence-corrected chi connectivity index (χ3v) is 7.20. The second-order valence-corrected chi connectivity index (χ2v) is 9.97. The Bertz CT molecular complexity index is 1440. The first-order valence-corrected chi connectivity index (χ1v) is 12.2. The first kappa shape index (κ1) is 25.8. The standard InChI is InChI=1S/C19H15.C13H10Cl2.Zr/c1-13-9-10-15(11-13)17-7-4-8-18-16-6-3-2-5-14(16)12-19(17)18;14-13(15,11-7-3-1-4-8-11)12-9-5-2-6-10-12;/h2-12,15H,1H3;1-10H;/q-1;;. The van der Waals surface area contributed by atoms with Crippen LogP contribution in [0.25, 0.3) is 21.5 Å². The van der Waals surface area contributed by atoms with Gasteiger partial charge in [0.1, 0.15) is 0 Å². The zero-order valence-electron chi connectivity index (χ0n) is 19.5. The molecule has 3 heteroatoms. The van der Waals surface area contributed by atoms with Crippen molar-refractivity contribution in [2.75, 3.05) is 0 Å². The van der Waals surface area contributed by atoms with E-state index < -0.39 is 4.33 Å². The van der Waals surface area contributed by atoms with Crippen LogP contribution >= 0.6 is 23.2 Å². The minimum absolute atomic E-state index is 0. The van der Waals surface area contributed by atoms with Gasteiger partial charge in [-0.1, -0.05) is 150 Å². The van der Waals surface area contributed by atoms with E-state index in [1.165, 1.54) is 32.7 Å². The van der Waals surface area contributed by atoms with Crippen molar-refractivity contribution in [1.29, 1.82) is 0 Å². The molecule has 0 nitrogen and oxygen atoms in total. The molecule has 1 aliphatic rings. The van der Waals surface area contributed by atoms with Crippen molar-refractivity contribution in [2.45, 2.75) is 17.2 Å². The van der Waals surface area contributed by atoms with Crippen LogP contribution in [0, 0.1) is 0 Å². The smallest absolute Gasteiger partial charge is 0.126 e. The van der Waals surface area contributed by atoms with Crippen molar-refractivity contribution < 1.29 is 26.2 Å². The van der Waals surface area contributed by atoms with Gasteiger partial charge in [-0.2, -0.15) is 0 Å². The van der Waals surface area contributed by atoms with Crippen molar-refractivity contribution >= 4 is 44.7 Å². The maximum Gasteiger partial charge on any atom is 0.168 e. The van der Waals surface area contributed by atoms with Gasteiger partial charge >= 0.3 is 0 Å². The van der Waals surface area contributed by atoms with Gasteiger partial charge in [0.05, 0.1) is 0 Å². The van der Waals surface area contributed by atoms with Gasteiger partial charge in [-0.15, -0.1) is 33.7 Å². The second-order valence-electron chi connectivity index (χ2n) is 8.64. The molecule has 0 heterocycles.